The van der Waals surface area contributed by atoms with Gasteiger partial charge in [0, 0.05) is 24.0 Å². The predicted octanol–water partition coefficient (Wildman–Crippen LogP) is 3.00. The molecule has 0 spiro atoms. The number of nitrogens with one attached hydrogen (secondary N) is 1. The Balaban J connectivity index is 2.09. The molecule has 2 heterocycles. The summed E-state index contributed by atoms with van der Waals surface area (Å²) in [6.45, 7) is 10.2. The van der Waals surface area contributed by atoms with Crippen molar-refractivity contribution in [1.29, 1.82) is 0 Å². The Morgan fingerprint density at radius 1 is 1.28 bits per heavy atom. The van der Waals surface area contributed by atoms with Crippen LogP contribution in [0.15, 0.2) is 5.38 Å². The fraction of sp³-hybridized carbons (Fsp3) is 0.765. The molecule has 0 unspecified atom stereocenters. The number of amides is 1. The molecule has 1 aliphatic heterocycles. The van der Waals surface area contributed by atoms with E-state index in [2.05, 4.69) is 10.3 Å². The number of hydrogen-bond donors (Lipinski definition) is 1. The Hall–Kier alpha value is -0.990. The average molecular weight is 389 g/mol. The maximum Gasteiger partial charge on any atom is 0.247 e. The SMILES string of the molecule is CC(C)(C)c1csc(NC(=O)C(C)(C)S(=O)(=O)CC2CCOCC2)n1. The van der Waals surface area contributed by atoms with Gasteiger partial charge in [-0.3, -0.25) is 4.79 Å². The molecule has 1 amide bonds. The van der Waals surface area contributed by atoms with E-state index >= 15 is 0 Å². The number of rotatable bonds is 5. The predicted molar refractivity (Wildman–Crippen MR) is 101 cm³/mol. The monoisotopic (exact) mass is 388 g/mol. The third-order valence-corrected chi connectivity index (χ3v) is 8.02. The third-order valence-electron chi connectivity index (χ3n) is 4.61. The van der Waals surface area contributed by atoms with E-state index in [9.17, 15) is 13.2 Å². The first-order valence-electron chi connectivity index (χ1n) is 8.51. The number of hydrogen-bond acceptors (Lipinski definition) is 6. The van der Waals surface area contributed by atoms with E-state index in [-0.39, 0.29) is 17.1 Å². The van der Waals surface area contributed by atoms with Gasteiger partial charge in [0.2, 0.25) is 5.91 Å². The fourth-order valence-corrected chi connectivity index (χ4v) is 5.13. The second-order valence-corrected chi connectivity index (χ2v) is 11.5. The number of anilines is 1. The Labute approximate surface area is 154 Å². The van der Waals surface area contributed by atoms with Crippen LogP contribution in [-0.2, 0) is 24.8 Å². The Morgan fingerprint density at radius 2 is 1.88 bits per heavy atom. The van der Waals surface area contributed by atoms with Gasteiger partial charge in [0.05, 0.1) is 11.4 Å². The minimum atomic E-state index is -3.59. The first-order valence-corrected chi connectivity index (χ1v) is 11.0. The van der Waals surface area contributed by atoms with E-state index in [0.29, 0.717) is 18.3 Å². The number of carbonyl (C=O) groups excluding carboxylic acids is 1. The zero-order chi connectivity index (χ0) is 18.9. The van der Waals surface area contributed by atoms with Crippen LogP contribution in [-0.4, -0.2) is 43.0 Å². The number of ether oxygens (including phenoxy) is 1. The molecule has 1 aliphatic rings. The van der Waals surface area contributed by atoms with Crippen LogP contribution < -0.4 is 5.32 Å². The van der Waals surface area contributed by atoms with Crippen molar-refractivity contribution in [2.45, 2.75) is 57.6 Å². The van der Waals surface area contributed by atoms with Crippen LogP contribution in [0.25, 0.3) is 0 Å². The highest BCUT2D eigenvalue weighted by Gasteiger charge is 2.43. The zero-order valence-corrected chi connectivity index (χ0v) is 17.2. The molecule has 0 aliphatic carbocycles. The van der Waals surface area contributed by atoms with Crippen molar-refractivity contribution >= 4 is 32.2 Å². The van der Waals surface area contributed by atoms with Gasteiger partial charge < -0.3 is 10.1 Å². The van der Waals surface area contributed by atoms with E-state index < -0.39 is 20.5 Å². The van der Waals surface area contributed by atoms with Crippen molar-refractivity contribution in [2.75, 3.05) is 24.3 Å². The summed E-state index contributed by atoms with van der Waals surface area (Å²) >= 11 is 1.31. The van der Waals surface area contributed by atoms with Crippen LogP contribution in [0.2, 0.25) is 0 Å². The van der Waals surface area contributed by atoms with Gasteiger partial charge >= 0.3 is 0 Å². The van der Waals surface area contributed by atoms with Crippen molar-refractivity contribution in [1.82, 2.24) is 4.98 Å². The summed E-state index contributed by atoms with van der Waals surface area (Å²) in [7, 11) is -3.59. The lowest BCUT2D eigenvalue weighted by Crippen LogP contribution is -2.47. The lowest BCUT2D eigenvalue weighted by Gasteiger charge is -2.28. The maximum absolute atomic E-state index is 12.8. The van der Waals surface area contributed by atoms with Gasteiger partial charge in [-0.05, 0) is 32.6 Å². The molecular weight excluding hydrogens is 360 g/mol. The van der Waals surface area contributed by atoms with Crippen molar-refractivity contribution in [2.24, 2.45) is 5.92 Å². The molecule has 1 aromatic rings. The number of carbonyl (C=O) groups is 1. The van der Waals surface area contributed by atoms with E-state index in [1.54, 1.807) is 0 Å². The lowest BCUT2D eigenvalue weighted by molar-refractivity contribution is -0.117. The van der Waals surface area contributed by atoms with E-state index in [0.717, 1.165) is 18.5 Å². The van der Waals surface area contributed by atoms with Gasteiger partial charge in [-0.2, -0.15) is 0 Å². The van der Waals surface area contributed by atoms with Gasteiger partial charge in [0.25, 0.3) is 0 Å². The molecule has 6 nitrogen and oxygen atoms in total. The average Bonchev–Trinajstić information content (AvgIpc) is 2.96. The van der Waals surface area contributed by atoms with Crippen molar-refractivity contribution < 1.29 is 17.9 Å². The molecule has 142 valence electrons. The van der Waals surface area contributed by atoms with Crippen molar-refractivity contribution in [3.05, 3.63) is 11.1 Å². The molecule has 25 heavy (non-hydrogen) atoms. The van der Waals surface area contributed by atoms with Crippen LogP contribution in [0.1, 0.15) is 53.2 Å². The molecular formula is C17H28N2O4S2. The standard InChI is InChI=1S/C17H28N2O4S2/c1-16(2,3)13-10-24-15(18-13)19-14(20)17(4,5)25(21,22)11-12-6-8-23-9-7-12/h10,12H,6-9,11H2,1-5H3,(H,18,19,20). The molecule has 0 saturated carbocycles. The minimum Gasteiger partial charge on any atom is -0.381 e. The van der Waals surface area contributed by atoms with Gasteiger partial charge in [-0.25, -0.2) is 13.4 Å². The molecule has 1 aromatic heterocycles. The molecule has 0 aromatic carbocycles. The molecule has 1 N–H and O–H groups in total. The van der Waals surface area contributed by atoms with Crippen LogP contribution in [0, 0.1) is 5.92 Å². The Kier molecular flexibility index (Phi) is 5.95. The highest BCUT2D eigenvalue weighted by Crippen LogP contribution is 2.29. The summed E-state index contributed by atoms with van der Waals surface area (Å²) in [5, 5.41) is 5.01. The van der Waals surface area contributed by atoms with Crippen molar-refractivity contribution in [3.63, 3.8) is 0 Å². The first-order chi connectivity index (χ1) is 11.4. The van der Waals surface area contributed by atoms with Crippen LogP contribution >= 0.6 is 11.3 Å². The van der Waals surface area contributed by atoms with Gasteiger partial charge in [-0.15, -0.1) is 11.3 Å². The first kappa shape index (κ1) is 20.3. The van der Waals surface area contributed by atoms with Crippen LogP contribution in [0.3, 0.4) is 0 Å². The fourth-order valence-electron chi connectivity index (χ4n) is 2.50. The van der Waals surface area contributed by atoms with Crippen LogP contribution in [0.5, 0.6) is 0 Å². The molecule has 1 fully saturated rings. The quantitative estimate of drug-likeness (QED) is 0.838. The summed E-state index contributed by atoms with van der Waals surface area (Å²) < 4.78 is 29.4. The Bertz CT molecular complexity index is 711. The Morgan fingerprint density at radius 3 is 2.40 bits per heavy atom. The van der Waals surface area contributed by atoms with Crippen LogP contribution in [0.4, 0.5) is 5.13 Å². The summed E-state index contributed by atoms with van der Waals surface area (Å²) in [6.07, 6.45) is 1.44. The maximum atomic E-state index is 12.8. The smallest absolute Gasteiger partial charge is 0.247 e. The van der Waals surface area contributed by atoms with E-state index in [1.165, 1.54) is 25.2 Å². The zero-order valence-electron chi connectivity index (χ0n) is 15.6. The summed E-state index contributed by atoms with van der Waals surface area (Å²) in [4.78, 5) is 17.0. The largest absolute Gasteiger partial charge is 0.381 e. The third kappa shape index (κ3) is 4.80. The molecule has 0 atom stereocenters. The number of sulfone groups is 1. The molecule has 0 bridgehead atoms. The molecule has 8 heteroatoms. The van der Waals surface area contributed by atoms with Crippen molar-refractivity contribution in [3.8, 4) is 0 Å². The summed E-state index contributed by atoms with van der Waals surface area (Å²) in [6, 6.07) is 0. The second-order valence-electron chi connectivity index (χ2n) is 8.09. The summed E-state index contributed by atoms with van der Waals surface area (Å²) in [5.74, 6) is -0.463. The molecule has 1 saturated heterocycles. The number of nitrogens with zero attached hydrogens (tertiary/aromatic N) is 1. The lowest BCUT2D eigenvalue weighted by atomic mass is 9.93. The highest BCUT2D eigenvalue weighted by atomic mass is 32.2. The van der Waals surface area contributed by atoms with Gasteiger partial charge in [0.15, 0.2) is 15.0 Å². The van der Waals surface area contributed by atoms with E-state index in [4.69, 9.17) is 4.74 Å². The van der Waals surface area contributed by atoms with E-state index in [1.807, 2.05) is 26.2 Å². The second kappa shape index (κ2) is 7.32. The minimum absolute atomic E-state index is 0.0158. The van der Waals surface area contributed by atoms with Gasteiger partial charge in [0.1, 0.15) is 4.75 Å². The number of aromatic nitrogens is 1. The molecule has 0 radical (unpaired) electrons. The highest BCUT2D eigenvalue weighted by molar-refractivity contribution is 7.93. The van der Waals surface area contributed by atoms with Gasteiger partial charge in [-0.1, -0.05) is 20.8 Å². The topological polar surface area (TPSA) is 85.4 Å². The normalized spacial score (nSPS) is 17.5. The number of thiazole rings is 1. The molecule has 2 rings (SSSR count). The summed E-state index contributed by atoms with van der Waals surface area (Å²) in [5.41, 5.74) is 0.750.